The Bertz CT molecular complexity index is 178. The van der Waals surface area contributed by atoms with Crippen LogP contribution in [0.1, 0.15) is 33.1 Å². The van der Waals surface area contributed by atoms with E-state index in [9.17, 15) is 9.59 Å². The first-order valence-corrected chi connectivity index (χ1v) is 4.57. The Morgan fingerprint density at radius 3 is 2.38 bits per heavy atom. The van der Waals surface area contributed by atoms with Crippen molar-refractivity contribution < 1.29 is 9.59 Å². The van der Waals surface area contributed by atoms with E-state index in [0.717, 1.165) is 0 Å². The lowest BCUT2D eigenvalue weighted by atomic mass is 10.2. The Morgan fingerprint density at radius 1 is 1.31 bits per heavy atom. The number of amides is 2. The first kappa shape index (κ1) is 11.9. The highest BCUT2D eigenvalue weighted by molar-refractivity contribution is 5.77. The van der Waals surface area contributed by atoms with Crippen LogP contribution in [0.5, 0.6) is 0 Å². The van der Waals surface area contributed by atoms with Gasteiger partial charge in [-0.1, -0.05) is 13.8 Å². The highest BCUT2D eigenvalue weighted by Crippen LogP contribution is 1.95. The Kier molecular flexibility index (Phi) is 5.93. The number of carbonyl (C=O) groups is 2. The number of carbonyl (C=O) groups excluding carboxylic acids is 2. The molecule has 76 valence electrons. The van der Waals surface area contributed by atoms with Crippen molar-refractivity contribution in [1.82, 2.24) is 5.32 Å². The second kappa shape index (κ2) is 6.46. The van der Waals surface area contributed by atoms with E-state index in [0.29, 0.717) is 25.3 Å². The molecule has 0 saturated heterocycles. The quantitative estimate of drug-likeness (QED) is 0.630. The molecule has 0 unspecified atom stereocenters. The number of nitrogens with one attached hydrogen (secondary N) is 1. The average Bonchev–Trinajstić information content (AvgIpc) is 2.00. The van der Waals surface area contributed by atoms with Crippen LogP contribution in [0.3, 0.4) is 0 Å². The second-order valence-electron chi connectivity index (χ2n) is 3.52. The molecule has 0 radical (unpaired) electrons. The highest BCUT2D eigenvalue weighted by atomic mass is 16.2. The van der Waals surface area contributed by atoms with Gasteiger partial charge < -0.3 is 11.1 Å². The van der Waals surface area contributed by atoms with Gasteiger partial charge in [-0.2, -0.15) is 0 Å². The largest absolute Gasteiger partial charge is 0.370 e. The first-order chi connectivity index (χ1) is 6.02. The zero-order valence-corrected chi connectivity index (χ0v) is 8.30. The minimum atomic E-state index is -0.350. The lowest BCUT2D eigenvalue weighted by Crippen LogP contribution is -2.27. The molecule has 0 heterocycles. The van der Waals surface area contributed by atoms with E-state index in [1.807, 2.05) is 13.8 Å². The molecule has 0 fully saturated rings. The van der Waals surface area contributed by atoms with Crippen molar-refractivity contribution in [2.24, 2.45) is 11.7 Å². The summed E-state index contributed by atoms with van der Waals surface area (Å²) in [6.07, 6.45) is 1.21. The summed E-state index contributed by atoms with van der Waals surface area (Å²) in [6.45, 7) is 4.75. The van der Waals surface area contributed by atoms with Gasteiger partial charge in [-0.15, -0.1) is 0 Å². The van der Waals surface area contributed by atoms with Gasteiger partial charge >= 0.3 is 0 Å². The van der Waals surface area contributed by atoms with Crippen LogP contribution < -0.4 is 11.1 Å². The Morgan fingerprint density at radius 2 is 1.92 bits per heavy atom. The van der Waals surface area contributed by atoms with Crippen LogP contribution in [-0.4, -0.2) is 18.4 Å². The van der Waals surface area contributed by atoms with E-state index in [2.05, 4.69) is 5.32 Å². The summed E-state index contributed by atoms with van der Waals surface area (Å²) in [5, 5.41) is 2.76. The number of hydrogen-bond acceptors (Lipinski definition) is 2. The number of primary amides is 1. The maximum Gasteiger partial charge on any atom is 0.220 e. The summed E-state index contributed by atoms with van der Waals surface area (Å²) >= 11 is 0. The van der Waals surface area contributed by atoms with Crippen LogP contribution in [0.25, 0.3) is 0 Å². The van der Waals surface area contributed by atoms with E-state index in [1.54, 1.807) is 0 Å². The second-order valence-corrected chi connectivity index (χ2v) is 3.52. The lowest BCUT2D eigenvalue weighted by molar-refractivity contribution is -0.121. The Balaban J connectivity index is 3.35. The maximum absolute atomic E-state index is 11.1. The first-order valence-electron chi connectivity index (χ1n) is 4.57. The molecule has 13 heavy (non-hydrogen) atoms. The standard InChI is InChI=1S/C9H18N2O2/c1-7(2)6-11-9(13)5-3-4-8(10)12/h7H,3-6H2,1-2H3,(H2,10,12)(H,11,13). The van der Waals surface area contributed by atoms with Gasteiger partial charge in [-0.05, 0) is 12.3 Å². The van der Waals surface area contributed by atoms with Gasteiger partial charge in [-0.3, -0.25) is 9.59 Å². The van der Waals surface area contributed by atoms with Crippen LogP contribution in [-0.2, 0) is 9.59 Å². The van der Waals surface area contributed by atoms with E-state index in [-0.39, 0.29) is 18.2 Å². The molecule has 0 saturated carbocycles. The fraction of sp³-hybridized carbons (Fsp3) is 0.778. The van der Waals surface area contributed by atoms with Crippen LogP contribution in [0.2, 0.25) is 0 Å². The number of hydrogen-bond donors (Lipinski definition) is 2. The summed E-state index contributed by atoms with van der Waals surface area (Å²) < 4.78 is 0. The van der Waals surface area contributed by atoms with Crippen molar-refractivity contribution >= 4 is 11.8 Å². The molecule has 3 N–H and O–H groups in total. The molecule has 0 aliphatic heterocycles. The molecule has 0 aromatic carbocycles. The topological polar surface area (TPSA) is 72.2 Å². The molecule has 0 atom stereocenters. The Labute approximate surface area is 78.9 Å². The van der Waals surface area contributed by atoms with Gasteiger partial charge in [0, 0.05) is 19.4 Å². The molecule has 0 aromatic heterocycles. The molecule has 0 rings (SSSR count). The third-order valence-electron chi connectivity index (χ3n) is 1.53. The number of rotatable bonds is 6. The predicted molar refractivity (Wildman–Crippen MR) is 50.9 cm³/mol. The summed E-state index contributed by atoms with van der Waals surface area (Å²) in [7, 11) is 0. The fourth-order valence-electron chi connectivity index (χ4n) is 0.830. The molecule has 0 aliphatic rings. The van der Waals surface area contributed by atoms with Gasteiger partial charge in [0.15, 0.2) is 0 Å². The van der Waals surface area contributed by atoms with Gasteiger partial charge in [0.1, 0.15) is 0 Å². The third kappa shape index (κ3) is 8.85. The number of nitrogens with two attached hydrogens (primary N) is 1. The zero-order valence-electron chi connectivity index (χ0n) is 8.30. The van der Waals surface area contributed by atoms with E-state index in [4.69, 9.17) is 5.73 Å². The summed E-state index contributed by atoms with van der Waals surface area (Å²) in [6, 6.07) is 0. The van der Waals surface area contributed by atoms with Crippen LogP contribution in [0.4, 0.5) is 0 Å². The SMILES string of the molecule is CC(C)CNC(=O)CCCC(N)=O. The molecule has 0 aliphatic carbocycles. The maximum atomic E-state index is 11.1. The summed E-state index contributed by atoms with van der Waals surface area (Å²) in [4.78, 5) is 21.4. The average molecular weight is 186 g/mol. The van der Waals surface area contributed by atoms with E-state index >= 15 is 0 Å². The molecular weight excluding hydrogens is 168 g/mol. The van der Waals surface area contributed by atoms with Crippen molar-refractivity contribution in [3.8, 4) is 0 Å². The van der Waals surface area contributed by atoms with Crippen molar-refractivity contribution in [3.05, 3.63) is 0 Å². The van der Waals surface area contributed by atoms with Crippen LogP contribution >= 0.6 is 0 Å². The van der Waals surface area contributed by atoms with Gasteiger partial charge in [0.05, 0.1) is 0 Å². The van der Waals surface area contributed by atoms with Crippen LogP contribution in [0, 0.1) is 5.92 Å². The van der Waals surface area contributed by atoms with Crippen LogP contribution in [0.15, 0.2) is 0 Å². The third-order valence-corrected chi connectivity index (χ3v) is 1.53. The lowest BCUT2D eigenvalue weighted by Gasteiger charge is -2.06. The zero-order chi connectivity index (χ0) is 10.3. The smallest absolute Gasteiger partial charge is 0.220 e. The molecule has 4 heteroatoms. The summed E-state index contributed by atoms with van der Waals surface area (Å²) in [5.41, 5.74) is 4.93. The van der Waals surface area contributed by atoms with Gasteiger partial charge in [0.2, 0.25) is 11.8 Å². The minimum absolute atomic E-state index is 0.00468. The highest BCUT2D eigenvalue weighted by Gasteiger charge is 2.02. The minimum Gasteiger partial charge on any atom is -0.370 e. The normalized spacial score (nSPS) is 10.1. The van der Waals surface area contributed by atoms with Crippen molar-refractivity contribution in [2.45, 2.75) is 33.1 Å². The van der Waals surface area contributed by atoms with E-state index < -0.39 is 0 Å². The molecule has 0 spiro atoms. The summed E-state index contributed by atoms with van der Waals surface area (Å²) in [5.74, 6) is 0.103. The van der Waals surface area contributed by atoms with Crippen molar-refractivity contribution in [3.63, 3.8) is 0 Å². The van der Waals surface area contributed by atoms with Crippen molar-refractivity contribution in [2.75, 3.05) is 6.54 Å². The molecule has 4 nitrogen and oxygen atoms in total. The Hall–Kier alpha value is -1.06. The fourth-order valence-corrected chi connectivity index (χ4v) is 0.830. The predicted octanol–water partition coefficient (Wildman–Crippen LogP) is 0.414. The molecule has 0 aromatic rings. The molecule has 0 bridgehead atoms. The molecular formula is C9H18N2O2. The van der Waals surface area contributed by atoms with Gasteiger partial charge in [-0.25, -0.2) is 0 Å². The van der Waals surface area contributed by atoms with E-state index in [1.165, 1.54) is 0 Å². The molecule has 2 amide bonds. The van der Waals surface area contributed by atoms with Gasteiger partial charge in [0.25, 0.3) is 0 Å². The van der Waals surface area contributed by atoms with Crippen molar-refractivity contribution in [1.29, 1.82) is 0 Å². The monoisotopic (exact) mass is 186 g/mol.